The number of carboxylic acid groups (broad SMARTS) is 1. The lowest BCUT2D eigenvalue weighted by atomic mass is 10.1. The SMILES string of the molecule is COC(=O)C(NC(=O)NCC(=O)O)c1ccccc1. The maximum absolute atomic E-state index is 11.6. The van der Waals surface area contributed by atoms with Crippen LogP contribution in [-0.4, -0.2) is 36.7 Å². The molecule has 1 atom stereocenters. The minimum absolute atomic E-state index is 0.533. The third-order valence-corrected chi connectivity index (χ3v) is 2.25. The molecule has 102 valence electrons. The molecule has 0 aliphatic rings. The van der Waals surface area contributed by atoms with Crippen LogP contribution in [0, 0.1) is 0 Å². The summed E-state index contributed by atoms with van der Waals surface area (Å²) >= 11 is 0. The first kappa shape index (κ1) is 14.5. The van der Waals surface area contributed by atoms with Gasteiger partial charge in [-0.05, 0) is 5.56 Å². The fourth-order valence-electron chi connectivity index (χ4n) is 1.38. The largest absolute Gasteiger partial charge is 0.480 e. The van der Waals surface area contributed by atoms with E-state index in [-0.39, 0.29) is 0 Å². The Morgan fingerprint density at radius 1 is 1.26 bits per heavy atom. The van der Waals surface area contributed by atoms with Crippen molar-refractivity contribution in [2.75, 3.05) is 13.7 Å². The normalized spacial score (nSPS) is 11.2. The van der Waals surface area contributed by atoms with E-state index in [4.69, 9.17) is 5.11 Å². The van der Waals surface area contributed by atoms with Crippen LogP contribution in [0.2, 0.25) is 0 Å². The van der Waals surface area contributed by atoms with Gasteiger partial charge in [0.25, 0.3) is 0 Å². The summed E-state index contributed by atoms with van der Waals surface area (Å²) in [5.74, 6) is -1.82. The molecule has 0 saturated heterocycles. The molecule has 1 unspecified atom stereocenters. The van der Waals surface area contributed by atoms with Crippen molar-refractivity contribution < 1.29 is 24.2 Å². The molecule has 7 heteroatoms. The number of esters is 1. The zero-order chi connectivity index (χ0) is 14.3. The van der Waals surface area contributed by atoms with E-state index in [9.17, 15) is 14.4 Å². The first-order valence-corrected chi connectivity index (χ1v) is 5.43. The summed E-state index contributed by atoms with van der Waals surface area (Å²) in [6.45, 7) is -0.533. The lowest BCUT2D eigenvalue weighted by Gasteiger charge is -2.16. The second-order valence-corrected chi connectivity index (χ2v) is 3.59. The van der Waals surface area contributed by atoms with Crippen LogP contribution in [0.4, 0.5) is 4.79 Å². The number of carbonyl (C=O) groups excluding carboxylic acids is 2. The van der Waals surface area contributed by atoms with E-state index in [1.165, 1.54) is 7.11 Å². The second-order valence-electron chi connectivity index (χ2n) is 3.59. The Morgan fingerprint density at radius 2 is 1.89 bits per heavy atom. The molecule has 0 aliphatic heterocycles. The van der Waals surface area contributed by atoms with Crippen LogP contribution in [0.25, 0.3) is 0 Å². The molecular formula is C12H14N2O5. The first-order valence-electron chi connectivity index (χ1n) is 5.43. The molecule has 0 saturated carbocycles. The van der Waals surface area contributed by atoms with Crippen molar-refractivity contribution >= 4 is 18.0 Å². The predicted octanol–water partition coefficient (Wildman–Crippen LogP) is 0.285. The van der Waals surface area contributed by atoms with Gasteiger partial charge in [-0.3, -0.25) is 4.79 Å². The standard InChI is InChI=1S/C12H14N2O5/c1-19-11(17)10(8-5-3-2-4-6-8)14-12(18)13-7-9(15)16/h2-6,10H,7H2,1H3,(H,15,16)(H2,13,14,18). The topological polar surface area (TPSA) is 105 Å². The molecule has 19 heavy (non-hydrogen) atoms. The van der Waals surface area contributed by atoms with Gasteiger partial charge in [0.05, 0.1) is 7.11 Å². The molecule has 3 N–H and O–H groups in total. The molecule has 0 spiro atoms. The van der Waals surface area contributed by atoms with Gasteiger partial charge in [0.1, 0.15) is 6.54 Å². The number of methoxy groups -OCH3 is 1. The lowest BCUT2D eigenvalue weighted by molar-refractivity contribution is -0.143. The van der Waals surface area contributed by atoms with Gasteiger partial charge in [-0.25, -0.2) is 9.59 Å². The Morgan fingerprint density at radius 3 is 2.42 bits per heavy atom. The summed E-state index contributed by atoms with van der Waals surface area (Å²) in [5.41, 5.74) is 0.542. The van der Waals surface area contributed by atoms with Gasteiger partial charge < -0.3 is 20.5 Å². The third kappa shape index (κ3) is 4.66. The van der Waals surface area contributed by atoms with Crippen molar-refractivity contribution in [2.24, 2.45) is 0 Å². The van der Waals surface area contributed by atoms with Gasteiger partial charge in [0.15, 0.2) is 6.04 Å². The van der Waals surface area contributed by atoms with E-state index in [1.807, 2.05) is 0 Å². The number of rotatable bonds is 5. The number of benzene rings is 1. The average Bonchev–Trinajstić information content (AvgIpc) is 2.42. The molecule has 0 radical (unpaired) electrons. The highest BCUT2D eigenvalue weighted by molar-refractivity contribution is 5.86. The summed E-state index contributed by atoms with van der Waals surface area (Å²) in [4.78, 5) is 33.4. The maximum Gasteiger partial charge on any atom is 0.333 e. The molecule has 0 aliphatic carbocycles. The highest BCUT2D eigenvalue weighted by atomic mass is 16.5. The predicted molar refractivity (Wildman–Crippen MR) is 65.4 cm³/mol. The number of nitrogens with one attached hydrogen (secondary N) is 2. The van der Waals surface area contributed by atoms with Crippen LogP contribution in [0.1, 0.15) is 11.6 Å². The van der Waals surface area contributed by atoms with Crippen molar-refractivity contribution in [1.29, 1.82) is 0 Å². The van der Waals surface area contributed by atoms with Crippen LogP contribution in [0.5, 0.6) is 0 Å². The summed E-state index contributed by atoms with van der Waals surface area (Å²) < 4.78 is 4.60. The molecule has 1 aromatic carbocycles. The van der Waals surface area contributed by atoms with Crippen LogP contribution < -0.4 is 10.6 Å². The Kier molecular flexibility index (Phi) is 5.34. The lowest BCUT2D eigenvalue weighted by Crippen LogP contribution is -2.43. The number of hydrogen-bond donors (Lipinski definition) is 3. The number of aliphatic carboxylic acids is 1. The number of hydrogen-bond acceptors (Lipinski definition) is 4. The summed E-state index contributed by atoms with van der Waals surface area (Å²) in [6, 6.07) is 6.74. The minimum Gasteiger partial charge on any atom is -0.480 e. The summed E-state index contributed by atoms with van der Waals surface area (Å²) in [7, 11) is 1.20. The van der Waals surface area contributed by atoms with Gasteiger partial charge in [0, 0.05) is 0 Å². The van der Waals surface area contributed by atoms with Crippen molar-refractivity contribution in [3.63, 3.8) is 0 Å². The molecule has 1 rings (SSSR count). The molecule has 2 amide bonds. The van der Waals surface area contributed by atoms with Gasteiger partial charge in [0.2, 0.25) is 0 Å². The van der Waals surface area contributed by atoms with Crippen molar-refractivity contribution in [3.05, 3.63) is 35.9 Å². The third-order valence-electron chi connectivity index (χ3n) is 2.25. The van der Waals surface area contributed by atoms with Gasteiger partial charge in [-0.15, -0.1) is 0 Å². The smallest absolute Gasteiger partial charge is 0.333 e. The quantitative estimate of drug-likeness (QED) is 0.664. The van der Waals surface area contributed by atoms with Crippen LogP contribution in [0.15, 0.2) is 30.3 Å². The van der Waals surface area contributed by atoms with Gasteiger partial charge in [-0.1, -0.05) is 30.3 Å². The van der Waals surface area contributed by atoms with Crippen molar-refractivity contribution in [1.82, 2.24) is 10.6 Å². The second kappa shape index (κ2) is 7.00. The molecule has 0 aromatic heterocycles. The Bertz CT molecular complexity index is 460. The molecule has 7 nitrogen and oxygen atoms in total. The Hall–Kier alpha value is -2.57. The Labute approximate surface area is 109 Å². The molecule has 0 bridgehead atoms. The van der Waals surface area contributed by atoms with Crippen molar-refractivity contribution in [2.45, 2.75) is 6.04 Å². The van der Waals surface area contributed by atoms with E-state index in [0.29, 0.717) is 5.56 Å². The van der Waals surface area contributed by atoms with Crippen LogP contribution in [-0.2, 0) is 14.3 Å². The van der Waals surface area contributed by atoms with E-state index in [0.717, 1.165) is 0 Å². The monoisotopic (exact) mass is 266 g/mol. The van der Waals surface area contributed by atoms with E-state index >= 15 is 0 Å². The summed E-state index contributed by atoms with van der Waals surface area (Å²) in [6.07, 6.45) is 0. The Balaban J connectivity index is 2.74. The highest BCUT2D eigenvalue weighted by Crippen LogP contribution is 2.13. The molecule has 0 fully saturated rings. The number of carbonyl (C=O) groups is 3. The number of carboxylic acids is 1. The maximum atomic E-state index is 11.6. The van der Waals surface area contributed by atoms with E-state index < -0.39 is 30.6 Å². The van der Waals surface area contributed by atoms with Crippen LogP contribution >= 0.6 is 0 Å². The van der Waals surface area contributed by atoms with Gasteiger partial charge >= 0.3 is 18.0 Å². The van der Waals surface area contributed by atoms with Gasteiger partial charge in [-0.2, -0.15) is 0 Å². The summed E-state index contributed by atoms with van der Waals surface area (Å²) in [5, 5.41) is 12.9. The fourth-order valence-corrected chi connectivity index (χ4v) is 1.38. The molecule has 1 aromatic rings. The number of ether oxygens (including phenoxy) is 1. The van der Waals surface area contributed by atoms with E-state index in [1.54, 1.807) is 30.3 Å². The molecular weight excluding hydrogens is 252 g/mol. The molecule has 0 heterocycles. The fraction of sp³-hybridized carbons (Fsp3) is 0.250. The number of urea groups is 1. The first-order chi connectivity index (χ1) is 9.04. The zero-order valence-electron chi connectivity index (χ0n) is 10.3. The van der Waals surface area contributed by atoms with E-state index in [2.05, 4.69) is 15.4 Å². The minimum atomic E-state index is -1.18. The van der Waals surface area contributed by atoms with Crippen molar-refractivity contribution in [3.8, 4) is 0 Å². The highest BCUT2D eigenvalue weighted by Gasteiger charge is 2.23. The number of amides is 2. The zero-order valence-corrected chi connectivity index (χ0v) is 10.3. The van der Waals surface area contributed by atoms with Crippen LogP contribution in [0.3, 0.4) is 0 Å². The average molecular weight is 266 g/mol.